The van der Waals surface area contributed by atoms with Crippen molar-refractivity contribution < 1.29 is 4.79 Å². The van der Waals surface area contributed by atoms with Crippen molar-refractivity contribution in [1.82, 2.24) is 15.1 Å². The number of nitrogens with one attached hydrogen (secondary N) is 1. The van der Waals surface area contributed by atoms with Crippen LogP contribution in [0.4, 0.5) is 0 Å². The molecule has 1 heterocycles. The molecule has 0 fully saturated rings. The van der Waals surface area contributed by atoms with E-state index >= 15 is 0 Å². The summed E-state index contributed by atoms with van der Waals surface area (Å²) in [6.45, 7) is 6.31. The minimum Gasteiger partial charge on any atom is -0.352 e. The van der Waals surface area contributed by atoms with Gasteiger partial charge in [-0.2, -0.15) is 5.10 Å². The summed E-state index contributed by atoms with van der Waals surface area (Å²) in [5.74, 6) is -0.0138. The highest BCUT2D eigenvalue weighted by molar-refractivity contribution is 5.94. The molecule has 0 aromatic carbocycles. The maximum absolute atomic E-state index is 12.1. The molecule has 0 aliphatic carbocycles. The second-order valence-corrected chi connectivity index (χ2v) is 5.53. The van der Waals surface area contributed by atoms with Crippen LogP contribution in [0.3, 0.4) is 0 Å². The van der Waals surface area contributed by atoms with Gasteiger partial charge < -0.3 is 11.1 Å². The van der Waals surface area contributed by atoms with Gasteiger partial charge in [-0.3, -0.25) is 9.48 Å². The van der Waals surface area contributed by atoms with Gasteiger partial charge >= 0.3 is 0 Å². The smallest absolute Gasteiger partial charge is 0.254 e. The second kappa shape index (κ2) is 10.4. The van der Waals surface area contributed by atoms with E-state index in [0.29, 0.717) is 12.1 Å². The summed E-state index contributed by atoms with van der Waals surface area (Å²) in [4.78, 5) is 12.1. The van der Waals surface area contributed by atoms with Gasteiger partial charge in [-0.1, -0.05) is 39.0 Å². The summed E-state index contributed by atoms with van der Waals surface area (Å²) in [7, 11) is 0. The molecule has 1 aromatic heterocycles. The minimum absolute atomic E-state index is 0.0138. The molecule has 0 atom stereocenters. The van der Waals surface area contributed by atoms with Gasteiger partial charge in [0.05, 0.1) is 11.8 Å². The molecule has 0 unspecified atom stereocenters. The van der Waals surface area contributed by atoms with Crippen LogP contribution in [0.5, 0.6) is 0 Å². The molecule has 0 saturated carbocycles. The first-order valence-electron chi connectivity index (χ1n) is 8.21. The largest absolute Gasteiger partial charge is 0.352 e. The summed E-state index contributed by atoms with van der Waals surface area (Å²) in [6, 6.07) is 0. The molecule has 0 spiro atoms. The van der Waals surface area contributed by atoms with Gasteiger partial charge in [-0.25, -0.2) is 0 Å². The Morgan fingerprint density at radius 2 is 1.95 bits per heavy atom. The third-order valence-corrected chi connectivity index (χ3v) is 3.74. The maximum Gasteiger partial charge on any atom is 0.254 e. The average molecular weight is 294 g/mol. The SMILES string of the molecule is CCCCCCCCNC(=O)c1cnn(CCCN)c1C. The van der Waals surface area contributed by atoms with Crippen LogP contribution >= 0.6 is 0 Å². The van der Waals surface area contributed by atoms with Crippen molar-refractivity contribution in [1.29, 1.82) is 0 Å². The molecule has 1 aromatic rings. The van der Waals surface area contributed by atoms with Crippen molar-refractivity contribution in [2.45, 2.75) is 65.3 Å². The Kier molecular flexibility index (Phi) is 8.74. The third kappa shape index (κ3) is 6.29. The molecule has 1 amide bonds. The maximum atomic E-state index is 12.1. The zero-order valence-electron chi connectivity index (χ0n) is 13.5. The van der Waals surface area contributed by atoms with Gasteiger partial charge in [0.15, 0.2) is 0 Å². The number of aromatic nitrogens is 2. The number of hydrogen-bond donors (Lipinski definition) is 2. The normalized spacial score (nSPS) is 10.8. The number of nitrogens with two attached hydrogens (primary N) is 1. The van der Waals surface area contributed by atoms with Crippen molar-refractivity contribution >= 4 is 5.91 Å². The molecule has 5 heteroatoms. The van der Waals surface area contributed by atoms with Gasteiger partial charge in [0.2, 0.25) is 0 Å². The van der Waals surface area contributed by atoms with E-state index < -0.39 is 0 Å². The van der Waals surface area contributed by atoms with Crippen LogP contribution < -0.4 is 11.1 Å². The summed E-state index contributed by atoms with van der Waals surface area (Å²) in [5, 5.41) is 7.24. The predicted molar refractivity (Wildman–Crippen MR) is 86.3 cm³/mol. The van der Waals surface area contributed by atoms with Gasteiger partial charge in [0.25, 0.3) is 5.91 Å². The Morgan fingerprint density at radius 1 is 1.24 bits per heavy atom. The molecule has 1 rings (SSSR count). The van der Waals surface area contributed by atoms with Crippen molar-refractivity contribution in [3.63, 3.8) is 0 Å². The van der Waals surface area contributed by atoms with E-state index in [1.54, 1.807) is 6.20 Å². The number of carbonyl (C=O) groups excluding carboxylic acids is 1. The summed E-state index contributed by atoms with van der Waals surface area (Å²) >= 11 is 0. The Balaban J connectivity index is 2.27. The fourth-order valence-corrected chi connectivity index (χ4v) is 2.34. The highest BCUT2D eigenvalue weighted by Crippen LogP contribution is 2.08. The first kappa shape index (κ1) is 17.7. The highest BCUT2D eigenvalue weighted by atomic mass is 16.1. The number of rotatable bonds is 11. The quantitative estimate of drug-likeness (QED) is 0.616. The monoisotopic (exact) mass is 294 g/mol. The standard InChI is InChI=1S/C16H30N4O/c1-3-4-5-6-7-8-11-18-16(21)15-13-19-20(14(15)2)12-9-10-17/h13H,3-12,17H2,1-2H3,(H,18,21). The highest BCUT2D eigenvalue weighted by Gasteiger charge is 2.13. The number of aryl methyl sites for hydroxylation is 1. The number of amides is 1. The van der Waals surface area contributed by atoms with Crippen molar-refractivity contribution in [3.05, 3.63) is 17.5 Å². The molecular weight excluding hydrogens is 264 g/mol. The van der Waals surface area contributed by atoms with Gasteiger partial charge in [-0.15, -0.1) is 0 Å². The third-order valence-electron chi connectivity index (χ3n) is 3.74. The summed E-state index contributed by atoms with van der Waals surface area (Å²) in [5.41, 5.74) is 7.10. The molecule has 3 N–H and O–H groups in total. The number of unbranched alkanes of at least 4 members (excludes halogenated alkanes) is 5. The minimum atomic E-state index is -0.0138. The molecular formula is C16H30N4O. The van der Waals surface area contributed by atoms with Crippen LogP contribution in [0.1, 0.15) is 67.9 Å². The van der Waals surface area contributed by atoms with E-state index in [4.69, 9.17) is 5.73 Å². The molecule has 21 heavy (non-hydrogen) atoms. The van der Waals surface area contributed by atoms with Gasteiger partial charge in [0, 0.05) is 18.8 Å². The molecule has 0 radical (unpaired) electrons. The molecule has 0 aliphatic heterocycles. The number of hydrogen-bond acceptors (Lipinski definition) is 3. The fourth-order valence-electron chi connectivity index (χ4n) is 2.34. The van der Waals surface area contributed by atoms with Crippen LogP contribution in [0.2, 0.25) is 0 Å². The zero-order chi connectivity index (χ0) is 15.5. The van der Waals surface area contributed by atoms with E-state index in [-0.39, 0.29) is 5.91 Å². The van der Waals surface area contributed by atoms with E-state index in [0.717, 1.165) is 31.6 Å². The van der Waals surface area contributed by atoms with Crippen molar-refractivity contribution in [3.8, 4) is 0 Å². The van der Waals surface area contributed by atoms with Crippen molar-refractivity contribution in [2.75, 3.05) is 13.1 Å². The van der Waals surface area contributed by atoms with Crippen molar-refractivity contribution in [2.24, 2.45) is 5.73 Å². The van der Waals surface area contributed by atoms with Crippen LogP contribution in [-0.4, -0.2) is 28.8 Å². The van der Waals surface area contributed by atoms with E-state index in [1.807, 2.05) is 11.6 Å². The topological polar surface area (TPSA) is 72.9 Å². The lowest BCUT2D eigenvalue weighted by Gasteiger charge is -2.06. The Bertz CT molecular complexity index is 414. The van der Waals surface area contributed by atoms with Crippen LogP contribution in [0.15, 0.2) is 6.20 Å². The van der Waals surface area contributed by atoms with Crippen LogP contribution in [0, 0.1) is 6.92 Å². The lowest BCUT2D eigenvalue weighted by atomic mass is 10.1. The van der Waals surface area contributed by atoms with E-state index in [1.165, 1.54) is 32.1 Å². The number of nitrogens with zero attached hydrogens (tertiary/aromatic N) is 2. The number of carbonyl (C=O) groups is 1. The summed E-state index contributed by atoms with van der Waals surface area (Å²) < 4.78 is 1.85. The Hall–Kier alpha value is -1.36. The zero-order valence-corrected chi connectivity index (χ0v) is 13.5. The molecule has 120 valence electrons. The second-order valence-electron chi connectivity index (χ2n) is 5.53. The van der Waals surface area contributed by atoms with Crippen LogP contribution in [-0.2, 0) is 6.54 Å². The first-order chi connectivity index (χ1) is 10.2. The van der Waals surface area contributed by atoms with E-state index in [2.05, 4.69) is 17.3 Å². The summed E-state index contributed by atoms with van der Waals surface area (Å²) in [6.07, 6.45) is 9.92. The Morgan fingerprint density at radius 3 is 2.67 bits per heavy atom. The van der Waals surface area contributed by atoms with E-state index in [9.17, 15) is 4.79 Å². The molecule has 0 saturated heterocycles. The average Bonchev–Trinajstić information content (AvgIpc) is 2.85. The van der Waals surface area contributed by atoms with Crippen LogP contribution in [0.25, 0.3) is 0 Å². The lowest BCUT2D eigenvalue weighted by molar-refractivity contribution is 0.0952. The lowest BCUT2D eigenvalue weighted by Crippen LogP contribution is -2.25. The van der Waals surface area contributed by atoms with Gasteiger partial charge in [0.1, 0.15) is 0 Å². The predicted octanol–water partition coefficient (Wildman–Crippen LogP) is 2.63. The molecule has 5 nitrogen and oxygen atoms in total. The van der Waals surface area contributed by atoms with Gasteiger partial charge in [-0.05, 0) is 26.3 Å². The molecule has 0 bridgehead atoms. The first-order valence-corrected chi connectivity index (χ1v) is 8.21. The molecule has 0 aliphatic rings. The fraction of sp³-hybridized carbons (Fsp3) is 0.750. The Labute approximate surface area is 128 Å².